The summed E-state index contributed by atoms with van der Waals surface area (Å²) in [7, 11) is 0. The van der Waals surface area contributed by atoms with Crippen molar-refractivity contribution in [2.24, 2.45) is 5.73 Å². The normalized spacial score (nSPS) is 11.9. The maximum absolute atomic E-state index is 11.8. The number of ether oxygens (including phenoxy) is 1. The van der Waals surface area contributed by atoms with Crippen LogP contribution in [-0.2, 0) is 11.3 Å². The molecule has 7 heteroatoms. The fraction of sp³-hybridized carbons (Fsp3) is 0.615. The zero-order chi connectivity index (χ0) is 15.0. The van der Waals surface area contributed by atoms with Gasteiger partial charge in [-0.15, -0.1) is 0 Å². The molecule has 0 aliphatic carbocycles. The molecule has 0 saturated heterocycles. The first-order chi connectivity index (χ1) is 9.56. The molecule has 0 aliphatic rings. The molecule has 1 aromatic heterocycles. The molecule has 1 aromatic rings. The Hall–Kier alpha value is -1.89. The Morgan fingerprint density at radius 2 is 2.35 bits per heavy atom. The van der Waals surface area contributed by atoms with E-state index < -0.39 is 0 Å². The SMILES string of the molecule is CCCC(C)NC(=O)Cn1ncc(OCCN)cc1=O. The Labute approximate surface area is 118 Å². The Bertz CT molecular complexity index is 487. The van der Waals surface area contributed by atoms with Crippen LogP contribution < -0.4 is 21.3 Å². The number of aromatic nitrogens is 2. The Morgan fingerprint density at radius 3 is 2.95 bits per heavy atom. The lowest BCUT2D eigenvalue weighted by molar-refractivity contribution is -0.122. The van der Waals surface area contributed by atoms with Gasteiger partial charge in [-0.1, -0.05) is 13.3 Å². The lowest BCUT2D eigenvalue weighted by Crippen LogP contribution is -2.38. The molecular weight excluding hydrogens is 260 g/mol. The third-order valence-electron chi connectivity index (χ3n) is 2.65. The van der Waals surface area contributed by atoms with Crippen molar-refractivity contribution >= 4 is 5.91 Å². The smallest absolute Gasteiger partial charge is 0.270 e. The number of rotatable bonds is 8. The van der Waals surface area contributed by atoms with E-state index in [1.807, 2.05) is 6.92 Å². The molecule has 20 heavy (non-hydrogen) atoms. The van der Waals surface area contributed by atoms with E-state index in [-0.39, 0.29) is 24.1 Å². The van der Waals surface area contributed by atoms with Gasteiger partial charge in [0.2, 0.25) is 5.91 Å². The van der Waals surface area contributed by atoms with Crippen LogP contribution in [0.2, 0.25) is 0 Å². The number of amides is 1. The van der Waals surface area contributed by atoms with Gasteiger partial charge in [0.15, 0.2) is 0 Å². The second-order valence-electron chi connectivity index (χ2n) is 4.58. The fourth-order valence-electron chi connectivity index (χ4n) is 1.75. The van der Waals surface area contributed by atoms with Crippen molar-refractivity contribution in [2.45, 2.75) is 39.3 Å². The second kappa shape index (κ2) is 8.31. The van der Waals surface area contributed by atoms with E-state index in [1.165, 1.54) is 12.3 Å². The minimum atomic E-state index is -0.377. The summed E-state index contributed by atoms with van der Waals surface area (Å²) in [4.78, 5) is 23.5. The first-order valence-corrected chi connectivity index (χ1v) is 6.76. The number of nitrogens with one attached hydrogen (secondary N) is 1. The summed E-state index contributed by atoms with van der Waals surface area (Å²) in [6, 6.07) is 1.39. The molecule has 112 valence electrons. The van der Waals surface area contributed by atoms with Crippen molar-refractivity contribution in [1.29, 1.82) is 0 Å². The van der Waals surface area contributed by atoms with Crippen molar-refractivity contribution in [3.63, 3.8) is 0 Å². The zero-order valence-corrected chi connectivity index (χ0v) is 12.0. The summed E-state index contributed by atoms with van der Waals surface area (Å²) in [5.74, 6) is 0.132. The van der Waals surface area contributed by atoms with E-state index in [9.17, 15) is 9.59 Å². The number of nitrogens with two attached hydrogens (primary N) is 1. The van der Waals surface area contributed by atoms with Gasteiger partial charge in [0.25, 0.3) is 5.56 Å². The van der Waals surface area contributed by atoms with Gasteiger partial charge in [-0.2, -0.15) is 5.10 Å². The number of carbonyl (C=O) groups is 1. The zero-order valence-electron chi connectivity index (χ0n) is 12.0. The van der Waals surface area contributed by atoms with Crippen LogP contribution in [0, 0.1) is 0 Å². The molecule has 0 bridgehead atoms. The van der Waals surface area contributed by atoms with Crippen LogP contribution in [0.4, 0.5) is 0 Å². The number of hydrogen-bond acceptors (Lipinski definition) is 5. The van der Waals surface area contributed by atoms with Crippen molar-refractivity contribution in [3.05, 3.63) is 22.6 Å². The molecule has 0 saturated carbocycles. The van der Waals surface area contributed by atoms with Gasteiger partial charge in [0, 0.05) is 18.7 Å². The fourth-order valence-corrected chi connectivity index (χ4v) is 1.75. The molecule has 7 nitrogen and oxygen atoms in total. The molecule has 1 rings (SSSR count). The first-order valence-electron chi connectivity index (χ1n) is 6.76. The lowest BCUT2D eigenvalue weighted by Gasteiger charge is -2.13. The van der Waals surface area contributed by atoms with Gasteiger partial charge >= 0.3 is 0 Å². The molecule has 0 fully saturated rings. The van der Waals surface area contributed by atoms with E-state index in [4.69, 9.17) is 10.5 Å². The van der Waals surface area contributed by atoms with Crippen LogP contribution in [0.5, 0.6) is 5.75 Å². The molecule has 1 amide bonds. The van der Waals surface area contributed by atoms with Crippen LogP contribution in [0.15, 0.2) is 17.1 Å². The maximum atomic E-state index is 11.8. The van der Waals surface area contributed by atoms with E-state index >= 15 is 0 Å². The molecule has 0 radical (unpaired) electrons. The van der Waals surface area contributed by atoms with Crippen molar-refractivity contribution < 1.29 is 9.53 Å². The third-order valence-corrected chi connectivity index (χ3v) is 2.65. The predicted molar refractivity (Wildman–Crippen MR) is 75.6 cm³/mol. The van der Waals surface area contributed by atoms with Crippen LogP contribution in [-0.4, -0.2) is 34.9 Å². The predicted octanol–water partition coefficient (Wildman–Crippen LogP) is -0.114. The average Bonchev–Trinajstić information content (AvgIpc) is 2.39. The minimum absolute atomic E-state index is 0.0929. The third kappa shape index (κ3) is 5.40. The lowest BCUT2D eigenvalue weighted by atomic mass is 10.2. The van der Waals surface area contributed by atoms with Crippen molar-refractivity contribution in [3.8, 4) is 5.75 Å². The van der Waals surface area contributed by atoms with Crippen molar-refractivity contribution in [2.75, 3.05) is 13.2 Å². The molecular formula is C13H22N4O3. The highest BCUT2D eigenvalue weighted by molar-refractivity contribution is 5.75. The van der Waals surface area contributed by atoms with Gasteiger partial charge in [-0.25, -0.2) is 4.68 Å². The molecule has 0 aromatic carbocycles. The molecule has 1 atom stereocenters. The standard InChI is InChI=1S/C13H22N4O3/c1-3-4-10(2)16-12(18)9-17-13(19)7-11(8-15-17)20-6-5-14/h7-8,10H,3-6,9,14H2,1-2H3,(H,16,18). The highest BCUT2D eigenvalue weighted by Crippen LogP contribution is 2.02. The summed E-state index contributed by atoms with van der Waals surface area (Å²) in [5.41, 5.74) is 4.92. The molecule has 1 unspecified atom stereocenters. The number of nitrogens with zero attached hydrogens (tertiary/aromatic N) is 2. The van der Waals surface area contributed by atoms with Crippen molar-refractivity contribution in [1.82, 2.24) is 15.1 Å². The average molecular weight is 282 g/mol. The molecule has 3 N–H and O–H groups in total. The van der Waals surface area contributed by atoms with Gasteiger partial charge in [0.1, 0.15) is 18.9 Å². The van der Waals surface area contributed by atoms with Crippen LogP contribution >= 0.6 is 0 Å². The summed E-state index contributed by atoms with van der Waals surface area (Å²) < 4.78 is 6.29. The number of carbonyl (C=O) groups excluding carboxylic acids is 1. The molecule has 1 heterocycles. The largest absolute Gasteiger partial charge is 0.490 e. The summed E-state index contributed by atoms with van der Waals surface area (Å²) >= 11 is 0. The number of hydrogen-bond donors (Lipinski definition) is 2. The van der Waals surface area contributed by atoms with Crippen LogP contribution in [0.1, 0.15) is 26.7 Å². The Kier molecular flexibility index (Phi) is 6.72. The molecule has 0 aliphatic heterocycles. The highest BCUT2D eigenvalue weighted by atomic mass is 16.5. The maximum Gasteiger partial charge on any atom is 0.270 e. The van der Waals surface area contributed by atoms with Gasteiger partial charge in [0.05, 0.1) is 6.20 Å². The highest BCUT2D eigenvalue weighted by Gasteiger charge is 2.09. The topological polar surface area (TPSA) is 99.2 Å². The van der Waals surface area contributed by atoms with Crippen LogP contribution in [0.25, 0.3) is 0 Å². The second-order valence-corrected chi connectivity index (χ2v) is 4.58. The summed E-state index contributed by atoms with van der Waals surface area (Å²) in [5, 5.41) is 6.72. The van der Waals surface area contributed by atoms with E-state index in [0.29, 0.717) is 18.9 Å². The van der Waals surface area contributed by atoms with Gasteiger partial charge in [-0.05, 0) is 13.3 Å². The minimum Gasteiger partial charge on any atom is -0.490 e. The monoisotopic (exact) mass is 282 g/mol. The van der Waals surface area contributed by atoms with Gasteiger partial charge in [-0.3, -0.25) is 9.59 Å². The van der Waals surface area contributed by atoms with E-state index in [0.717, 1.165) is 17.5 Å². The quantitative estimate of drug-likeness (QED) is 0.693. The molecule has 0 spiro atoms. The van der Waals surface area contributed by atoms with Gasteiger partial charge < -0.3 is 15.8 Å². The Morgan fingerprint density at radius 1 is 1.60 bits per heavy atom. The van der Waals surface area contributed by atoms with E-state index in [2.05, 4.69) is 17.3 Å². The first kappa shape index (κ1) is 16.2. The Balaban J connectivity index is 2.59. The summed E-state index contributed by atoms with van der Waals surface area (Å²) in [6.45, 7) is 4.57. The van der Waals surface area contributed by atoms with Crippen LogP contribution in [0.3, 0.4) is 0 Å². The summed E-state index contributed by atoms with van der Waals surface area (Å²) in [6.07, 6.45) is 3.30. The van der Waals surface area contributed by atoms with E-state index in [1.54, 1.807) is 0 Å².